The molecular formula is C15H22F3N3. The molecule has 1 aliphatic carbocycles. The van der Waals surface area contributed by atoms with Gasteiger partial charge in [0, 0.05) is 30.4 Å². The molecule has 1 aliphatic rings. The Morgan fingerprint density at radius 3 is 2.24 bits per heavy atom. The van der Waals surface area contributed by atoms with Crippen LogP contribution in [0.5, 0.6) is 0 Å². The highest BCUT2D eigenvalue weighted by atomic mass is 19.4. The zero-order chi connectivity index (χ0) is 15.6. The second kappa shape index (κ2) is 6.30. The van der Waals surface area contributed by atoms with Gasteiger partial charge in [-0.1, -0.05) is 6.92 Å². The van der Waals surface area contributed by atoms with E-state index in [2.05, 4.69) is 22.2 Å². The van der Waals surface area contributed by atoms with Gasteiger partial charge in [0.15, 0.2) is 0 Å². The Morgan fingerprint density at radius 2 is 1.76 bits per heavy atom. The zero-order valence-corrected chi connectivity index (χ0v) is 12.7. The summed E-state index contributed by atoms with van der Waals surface area (Å²) >= 11 is 0. The second-order valence-electron chi connectivity index (χ2n) is 5.92. The molecule has 1 fully saturated rings. The molecule has 1 N–H and O–H groups in total. The van der Waals surface area contributed by atoms with Crippen LogP contribution in [0.3, 0.4) is 0 Å². The maximum atomic E-state index is 12.3. The van der Waals surface area contributed by atoms with Crippen molar-refractivity contribution in [3.63, 3.8) is 0 Å². The van der Waals surface area contributed by atoms with Gasteiger partial charge in [0.05, 0.1) is 6.42 Å². The first kappa shape index (κ1) is 16.2. The molecule has 0 aromatic carbocycles. The Labute approximate surface area is 123 Å². The average Bonchev–Trinajstić information content (AvgIpc) is 3.16. The predicted octanol–water partition coefficient (Wildman–Crippen LogP) is 3.44. The van der Waals surface area contributed by atoms with Crippen LogP contribution >= 0.6 is 0 Å². The van der Waals surface area contributed by atoms with Gasteiger partial charge in [0.2, 0.25) is 0 Å². The number of nitrogens with one attached hydrogen (secondary N) is 1. The van der Waals surface area contributed by atoms with Gasteiger partial charge in [0.1, 0.15) is 5.82 Å². The highest BCUT2D eigenvalue weighted by Gasteiger charge is 2.27. The van der Waals surface area contributed by atoms with Gasteiger partial charge in [-0.25, -0.2) is 9.97 Å². The van der Waals surface area contributed by atoms with E-state index in [1.54, 1.807) is 0 Å². The number of rotatable bonds is 6. The van der Waals surface area contributed by atoms with Gasteiger partial charge in [-0.2, -0.15) is 13.2 Å². The Bertz CT molecular complexity index is 472. The highest BCUT2D eigenvalue weighted by molar-refractivity contribution is 5.28. The van der Waals surface area contributed by atoms with Crippen LogP contribution in [0.25, 0.3) is 0 Å². The summed E-state index contributed by atoms with van der Waals surface area (Å²) in [6.45, 7) is 6.67. The van der Waals surface area contributed by atoms with Crippen LogP contribution < -0.4 is 5.32 Å². The third kappa shape index (κ3) is 4.95. The number of alkyl halides is 3. The summed E-state index contributed by atoms with van der Waals surface area (Å²) < 4.78 is 36.8. The van der Waals surface area contributed by atoms with Crippen LogP contribution in [-0.2, 0) is 6.42 Å². The Hall–Kier alpha value is -1.17. The van der Waals surface area contributed by atoms with Crippen molar-refractivity contribution in [3.05, 3.63) is 22.8 Å². The standard InChI is InChI=1S/C15H22F3N3/c1-9(8-19-12-4-5-12)14-10(2)20-13(21-11(14)3)6-7-15(16,17)18/h9,12,19H,4-8H2,1-3H3. The van der Waals surface area contributed by atoms with E-state index in [0.29, 0.717) is 6.04 Å². The van der Waals surface area contributed by atoms with Crippen molar-refractivity contribution >= 4 is 0 Å². The summed E-state index contributed by atoms with van der Waals surface area (Å²) in [5.41, 5.74) is 2.65. The molecule has 6 heteroatoms. The van der Waals surface area contributed by atoms with E-state index >= 15 is 0 Å². The normalized spacial score (nSPS) is 17.0. The topological polar surface area (TPSA) is 37.8 Å². The first-order chi connectivity index (χ1) is 9.76. The quantitative estimate of drug-likeness (QED) is 0.874. The minimum atomic E-state index is -4.16. The minimum Gasteiger partial charge on any atom is -0.313 e. The van der Waals surface area contributed by atoms with Crippen molar-refractivity contribution < 1.29 is 13.2 Å². The van der Waals surface area contributed by atoms with Crippen LogP contribution in [0.1, 0.15) is 54.9 Å². The van der Waals surface area contributed by atoms with Gasteiger partial charge in [-0.05, 0) is 38.2 Å². The summed E-state index contributed by atoms with van der Waals surface area (Å²) in [7, 11) is 0. The molecule has 21 heavy (non-hydrogen) atoms. The van der Waals surface area contributed by atoms with Gasteiger partial charge in [-0.3, -0.25) is 0 Å². The molecule has 1 saturated carbocycles. The van der Waals surface area contributed by atoms with Gasteiger partial charge in [0.25, 0.3) is 0 Å². The van der Waals surface area contributed by atoms with E-state index in [9.17, 15) is 13.2 Å². The molecule has 1 aromatic rings. The Morgan fingerprint density at radius 1 is 1.19 bits per heavy atom. The van der Waals surface area contributed by atoms with E-state index in [-0.39, 0.29) is 18.2 Å². The monoisotopic (exact) mass is 301 g/mol. The van der Waals surface area contributed by atoms with Crippen LogP contribution in [0.2, 0.25) is 0 Å². The molecular weight excluding hydrogens is 279 g/mol. The number of halogens is 3. The fourth-order valence-electron chi connectivity index (χ4n) is 2.61. The number of aryl methyl sites for hydroxylation is 3. The highest BCUT2D eigenvalue weighted by Crippen LogP contribution is 2.25. The summed E-state index contributed by atoms with van der Waals surface area (Å²) in [5.74, 6) is 0.552. The SMILES string of the molecule is Cc1nc(CCC(F)(F)F)nc(C)c1C(C)CNC1CC1. The summed E-state index contributed by atoms with van der Waals surface area (Å²) in [6.07, 6.45) is -2.72. The third-order valence-corrected chi connectivity index (χ3v) is 3.79. The van der Waals surface area contributed by atoms with E-state index in [0.717, 1.165) is 23.5 Å². The van der Waals surface area contributed by atoms with E-state index in [4.69, 9.17) is 0 Å². The molecule has 1 atom stereocenters. The van der Waals surface area contributed by atoms with Crippen molar-refractivity contribution in [1.29, 1.82) is 0 Å². The lowest BCUT2D eigenvalue weighted by molar-refractivity contribution is -0.134. The van der Waals surface area contributed by atoms with Crippen LogP contribution in [-0.4, -0.2) is 28.7 Å². The van der Waals surface area contributed by atoms with Crippen LogP contribution in [0.15, 0.2) is 0 Å². The maximum absolute atomic E-state index is 12.3. The molecule has 0 saturated heterocycles. The van der Waals surface area contributed by atoms with Crippen molar-refractivity contribution in [3.8, 4) is 0 Å². The maximum Gasteiger partial charge on any atom is 0.389 e. The molecule has 3 nitrogen and oxygen atoms in total. The number of hydrogen-bond acceptors (Lipinski definition) is 3. The average molecular weight is 301 g/mol. The molecule has 1 heterocycles. The van der Waals surface area contributed by atoms with Crippen LogP contribution in [0.4, 0.5) is 13.2 Å². The lowest BCUT2D eigenvalue weighted by Gasteiger charge is -2.18. The Balaban J connectivity index is 2.04. The summed E-state index contributed by atoms with van der Waals surface area (Å²) in [6, 6.07) is 0.639. The molecule has 0 radical (unpaired) electrons. The first-order valence-corrected chi connectivity index (χ1v) is 7.40. The fourth-order valence-corrected chi connectivity index (χ4v) is 2.61. The van der Waals surface area contributed by atoms with Gasteiger partial charge in [-0.15, -0.1) is 0 Å². The molecule has 118 valence electrons. The number of aromatic nitrogens is 2. The first-order valence-electron chi connectivity index (χ1n) is 7.40. The number of nitrogens with zero attached hydrogens (tertiary/aromatic N) is 2. The predicted molar refractivity (Wildman–Crippen MR) is 75.3 cm³/mol. The molecule has 0 amide bonds. The number of hydrogen-bond donors (Lipinski definition) is 1. The lowest BCUT2D eigenvalue weighted by atomic mass is 9.97. The summed E-state index contributed by atoms with van der Waals surface area (Å²) in [5, 5.41) is 3.46. The van der Waals surface area contributed by atoms with E-state index in [1.807, 2.05) is 13.8 Å². The van der Waals surface area contributed by atoms with Crippen LogP contribution in [0, 0.1) is 13.8 Å². The van der Waals surface area contributed by atoms with Crippen molar-refractivity contribution in [2.75, 3.05) is 6.54 Å². The Kier molecular flexibility index (Phi) is 4.86. The third-order valence-electron chi connectivity index (χ3n) is 3.79. The second-order valence-corrected chi connectivity index (χ2v) is 5.92. The molecule has 1 aromatic heterocycles. The smallest absolute Gasteiger partial charge is 0.313 e. The molecule has 0 aliphatic heterocycles. The minimum absolute atomic E-state index is 0.153. The lowest BCUT2D eigenvalue weighted by Crippen LogP contribution is -2.23. The summed E-state index contributed by atoms with van der Waals surface area (Å²) in [4.78, 5) is 8.52. The van der Waals surface area contributed by atoms with Gasteiger partial charge < -0.3 is 5.32 Å². The largest absolute Gasteiger partial charge is 0.389 e. The molecule has 1 unspecified atom stereocenters. The van der Waals surface area contributed by atoms with E-state index in [1.165, 1.54) is 12.8 Å². The van der Waals surface area contributed by atoms with Crippen molar-refractivity contribution in [2.24, 2.45) is 0 Å². The molecule has 2 rings (SSSR count). The fraction of sp³-hybridized carbons (Fsp3) is 0.733. The van der Waals surface area contributed by atoms with Gasteiger partial charge >= 0.3 is 6.18 Å². The van der Waals surface area contributed by atoms with Crippen molar-refractivity contribution in [2.45, 2.75) is 64.6 Å². The zero-order valence-electron chi connectivity index (χ0n) is 12.7. The molecule has 0 spiro atoms. The molecule has 0 bridgehead atoms. The van der Waals surface area contributed by atoms with E-state index < -0.39 is 12.6 Å². The van der Waals surface area contributed by atoms with Crippen molar-refractivity contribution in [1.82, 2.24) is 15.3 Å².